The number of carbonyl (C=O) groups excluding carboxylic acids is 1. The van der Waals surface area contributed by atoms with Gasteiger partial charge >= 0.3 is 0 Å². The van der Waals surface area contributed by atoms with Gasteiger partial charge in [-0.15, -0.1) is 0 Å². The molecule has 128 valence electrons. The van der Waals surface area contributed by atoms with Crippen LogP contribution in [0.15, 0.2) is 54.9 Å². The molecule has 0 saturated carbocycles. The minimum atomic E-state index is 0.00483. The van der Waals surface area contributed by atoms with Crippen LogP contribution >= 0.6 is 0 Å². The van der Waals surface area contributed by atoms with E-state index in [0.29, 0.717) is 18.7 Å². The van der Waals surface area contributed by atoms with Crippen LogP contribution in [0.3, 0.4) is 0 Å². The van der Waals surface area contributed by atoms with Gasteiger partial charge in [-0.2, -0.15) is 0 Å². The lowest BCUT2D eigenvalue weighted by atomic mass is 10.1. The summed E-state index contributed by atoms with van der Waals surface area (Å²) in [4.78, 5) is 23.4. The highest BCUT2D eigenvalue weighted by Crippen LogP contribution is 2.17. The maximum absolute atomic E-state index is 13.0. The van der Waals surface area contributed by atoms with Crippen molar-refractivity contribution < 1.29 is 9.53 Å². The minimum absolute atomic E-state index is 0.00483. The molecule has 25 heavy (non-hydrogen) atoms. The second-order valence-electron chi connectivity index (χ2n) is 5.83. The van der Waals surface area contributed by atoms with Crippen molar-refractivity contribution in [1.29, 1.82) is 0 Å². The third-order valence-electron chi connectivity index (χ3n) is 4.03. The normalized spacial score (nSPS) is 10.6. The smallest absolute Gasteiger partial charge is 0.254 e. The van der Waals surface area contributed by atoms with Crippen LogP contribution in [0.5, 0.6) is 5.75 Å². The van der Waals surface area contributed by atoms with Gasteiger partial charge in [-0.05, 0) is 42.3 Å². The fourth-order valence-corrected chi connectivity index (χ4v) is 2.75. The predicted molar refractivity (Wildman–Crippen MR) is 97.6 cm³/mol. The van der Waals surface area contributed by atoms with Crippen molar-refractivity contribution in [2.45, 2.75) is 19.9 Å². The minimum Gasteiger partial charge on any atom is -0.497 e. The molecule has 1 aromatic heterocycles. The van der Waals surface area contributed by atoms with Gasteiger partial charge in [0.15, 0.2) is 0 Å². The van der Waals surface area contributed by atoms with E-state index in [1.807, 2.05) is 41.3 Å². The number of fused-ring (bicyclic) bond motifs is 1. The Bertz CT molecular complexity index is 862. The first kappa shape index (κ1) is 16.9. The fourth-order valence-electron chi connectivity index (χ4n) is 2.75. The summed E-state index contributed by atoms with van der Waals surface area (Å²) in [6.07, 6.45) is 4.18. The number of carbonyl (C=O) groups is 1. The van der Waals surface area contributed by atoms with Gasteiger partial charge in [-0.25, -0.2) is 0 Å². The summed E-state index contributed by atoms with van der Waals surface area (Å²) < 4.78 is 5.19. The van der Waals surface area contributed by atoms with E-state index in [1.165, 1.54) is 0 Å². The molecule has 5 heteroatoms. The first-order valence-electron chi connectivity index (χ1n) is 8.34. The van der Waals surface area contributed by atoms with Gasteiger partial charge in [0.2, 0.25) is 0 Å². The molecule has 0 aliphatic heterocycles. The van der Waals surface area contributed by atoms with Gasteiger partial charge in [0.05, 0.1) is 18.1 Å². The maximum Gasteiger partial charge on any atom is 0.254 e. The lowest BCUT2D eigenvalue weighted by Gasteiger charge is -2.22. The van der Waals surface area contributed by atoms with Crippen LogP contribution < -0.4 is 4.74 Å². The van der Waals surface area contributed by atoms with Gasteiger partial charge < -0.3 is 9.64 Å². The summed E-state index contributed by atoms with van der Waals surface area (Å²) >= 11 is 0. The lowest BCUT2D eigenvalue weighted by Crippen LogP contribution is -2.31. The van der Waals surface area contributed by atoms with Crippen molar-refractivity contribution in [3.05, 3.63) is 66.0 Å². The Morgan fingerprint density at radius 2 is 1.76 bits per heavy atom. The van der Waals surface area contributed by atoms with Gasteiger partial charge in [-0.1, -0.05) is 19.1 Å². The highest BCUT2D eigenvalue weighted by Gasteiger charge is 2.16. The topological polar surface area (TPSA) is 55.3 Å². The summed E-state index contributed by atoms with van der Waals surface area (Å²) in [7, 11) is 1.64. The number of hydrogen-bond donors (Lipinski definition) is 0. The molecule has 1 heterocycles. The Hall–Kier alpha value is -2.95. The van der Waals surface area contributed by atoms with Crippen molar-refractivity contribution in [1.82, 2.24) is 14.9 Å². The predicted octanol–water partition coefficient (Wildman–Crippen LogP) is 3.69. The van der Waals surface area contributed by atoms with Crippen LogP contribution in [0.2, 0.25) is 0 Å². The number of aromatic nitrogens is 2. The molecule has 0 saturated heterocycles. The second-order valence-corrected chi connectivity index (χ2v) is 5.83. The number of ether oxygens (including phenoxy) is 1. The molecular weight excluding hydrogens is 314 g/mol. The number of benzene rings is 2. The molecule has 0 aliphatic rings. The van der Waals surface area contributed by atoms with E-state index in [0.717, 1.165) is 28.8 Å². The molecule has 5 nitrogen and oxygen atoms in total. The van der Waals surface area contributed by atoms with Gasteiger partial charge in [0, 0.05) is 31.0 Å². The summed E-state index contributed by atoms with van der Waals surface area (Å²) in [6.45, 7) is 3.33. The molecule has 0 aliphatic carbocycles. The third-order valence-corrected chi connectivity index (χ3v) is 4.03. The lowest BCUT2D eigenvalue weighted by molar-refractivity contribution is 0.0743. The summed E-state index contributed by atoms with van der Waals surface area (Å²) in [5.74, 6) is 0.815. The molecule has 1 amide bonds. The van der Waals surface area contributed by atoms with Crippen molar-refractivity contribution in [2.24, 2.45) is 0 Å². The molecule has 0 atom stereocenters. The molecule has 2 aromatic carbocycles. The fraction of sp³-hybridized carbons (Fsp3) is 0.250. The van der Waals surface area contributed by atoms with Crippen LogP contribution in [0.4, 0.5) is 0 Å². The van der Waals surface area contributed by atoms with Gasteiger partial charge in [-0.3, -0.25) is 14.8 Å². The molecule has 3 aromatic rings. The highest BCUT2D eigenvalue weighted by atomic mass is 16.5. The number of amides is 1. The van der Waals surface area contributed by atoms with E-state index < -0.39 is 0 Å². The van der Waals surface area contributed by atoms with Crippen LogP contribution in [0, 0.1) is 0 Å². The number of hydrogen-bond acceptors (Lipinski definition) is 4. The SMILES string of the molecule is CCCN(Cc1ccc(OC)cc1)C(=O)c1ccc2nccnc2c1. The van der Waals surface area contributed by atoms with E-state index in [1.54, 1.807) is 25.6 Å². The Morgan fingerprint density at radius 3 is 2.44 bits per heavy atom. The summed E-state index contributed by atoms with van der Waals surface area (Å²) in [5.41, 5.74) is 3.23. The first-order chi connectivity index (χ1) is 12.2. The zero-order valence-corrected chi connectivity index (χ0v) is 14.5. The van der Waals surface area contributed by atoms with Crippen LogP contribution in [0.1, 0.15) is 29.3 Å². The van der Waals surface area contributed by atoms with Crippen molar-refractivity contribution >= 4 is 16.9 Å². The van der Waals surface area contributed by atoms with Crippen molar-refractivity contribution in [3.8, 4) is 5.75 Å². The second kappa shape index (κ2) is 7.75. The standard InChI is InChI=1S/C20H21N3O2/c1-3-12-23(14-15-4-7-17(25-2)8-5-15)20(24)16-6-9-18-19(13-16)22-11-10-21-18/h4-11,13H,3,12,14H2,1-2H3. The molecule has 0 fully saturated rings. The van der Waals surface area contributed by atoms with Crippen LogP contribution in [-0.2, 0) is 6.54 Å². The van der Waals surface area contributed by atoms with Crippen molar-refractivity contribution in [2.75, 3.05) is 13.7 Å². The molecular formula is C20H21N3O2. The zero-order valence-electron chi connectivity index (χ0n) is 14.5. The Balaban J connectivity index is 1.83. The van der Waals surface area contributed by atoms with Crippen molar-refractivity contribution in [3.63, 3.8) is 0 Å². The highest BCUT2D eigenvalue weighted by molar-refractivity contribution is 5.97. The molecule has 0 bridgehead atoms. The summed E-state index contributed by atoms with van der Waals surface area (Å²) in [5, 5.41) is 0. The Labute approximate surface area is 147 Å². The first-order valence-corrected chi connectivity index (χ1v) is 8.34. The van der Waals surface area contributed by atoms with E-state index in [9.17, 15) is 4.79 Å². The Kier molecular flexibility index (Phi) is 5.23. The average Bonchev–Trinajstić information content (AvgIpc) is 2.67. The van der Waals surface area contributed by atoms with Crippen LogP contribution in [-0.4, -0.2) is 34.4 Å². The van der Waals surface area contributed by atoms with E-state index >= 15 is 0 Å². The van der Waals surface area contributed by atoms with E-state index in [-0.39, 0.29) is 5.91 Å². The van der Waals surface area contributed by atoms with E-state index in [4.69, 9.17) is 4.74 Å². The number of rotatable bonds is 6. The third kappa shape index (κ3) is 3.94. The number of methoxy groups -OCH3 is 1. The quantitative estimate of drug-likeness (QED) is 0.689. The average molecular weight is 335 g/mol. The Morgan fingerprint density at radius 1 is 1.04 bits per heavy atom. The largest absolute Gasteiger partial charge is 0.497 e. The van der Waals surface area contributed by atoms with Crippen LogP contribution in [0.25, 0.3) is 11.0 Å². The van der Waals surface area contributed by atoms with Gasteiger partial charge in [0.1, 0.15) is 5.75 Å². The molecule has 3 rings (SSSR count). The number of nitrogens with zero attached hydrogens (tertiary/aromatic N) is 3. The van der Waals surface area contributed by atoms with Gasteiger partial charge in [0.25, 0.3) is 5.91 Å². The molecule has 0 radical (unpaired) electrons. The zero-order chi connectivity index (χ0) is 17.6. The monoisotopic (exact) mass is 335 g/mol. The summed E-state index contributed by atoms with van der Waals surface area (Å²) in [6, 6.07) is 13.3. The molecule has 0 unspecified atom stereocenters. The molecule has 0 N–H and O–H groups in total. The molecule has 0 spiro atoms. The van der Waals surface area contributed by atoms with E-state index in [2.05, 4.69) is 16.9 Å². The maximum atomic E-state index is 13.0.